The highest BCUT2D eigenvalue weighted by Crippen LogP contribution is 2.40. The third-order valence-corrected chi connectivity index (χ3v) is 8.32. The van der Waals surface area contributed by atoms with Crippen LogP contribution in [0.25, 0.3) is 10.9 Å². The molecule has 15 heteroatoms. The summed E-state index contributed by atoms with van der Waals surface area (Å²) in [5.41, 5.74) is 6.95. The van der Waals surface area contributed by atoms with Gasteiger partial charge in [0, 0.05) is 22.8 Å². The maximum atomic E-state index is 13.1. The van der Waals surface area contributed by atoms with E-state index in [9.17, 15) is 19.5 Å². The second kappa shape index (κ2) is 9.98. The Morgan fingerprint density at radius 3 is 2.82 bits per heavy atom. The number of nitrogens with one attached hydrogen (secondary N) is 1. The fourth-order valence-corrected chi connectivity index (χ4v) is 6.35. The Bertz CT molecular complexity index is 1530. The van der Waals surface area contributed by atoms with Gasteiger partial charge in [-0.1, -0.05) is 5.16 Å². The first-order valence-corrected chi connectivity index (χ1v) is 13.2. The number of nitrogens with zero attached hydrogens (tertiary/aromatic N) is 5. The van der Waals surface area contributed by atoms with Crippen molar-refractivity contribution in [2.45, 2.75) is 18.0 Å². The average Bonchev–Trinajstić information content (AvgIpc) is 3.47. The summed E-state index contributed by atoms with van der Waals surface area (Å²) >= 11 is 2.48. The van der Waals surface area contributed by atoms with Crippen LogP contribution >= 0.6 is 23.1 Å². The van der Waals surface area contributed by atoms with Crippen LogP contribution in [-0.2, 0) is 32.8 Å². The van der Waals surface area contributed by atoms with Crippen LogP contribution < -0.4 is 25.6 Å². The number of methoxy groups -OCH3 is 1. The van der Waals surface area contributed by atoms with Gasteiger partial charge >= 0.3 is 0 Å². The number of ether oxygens (including phenoxy) is 1. The van der Waals surface area contributed by atoms with Crippen LogP contribution in [0.3, 0.4) is 0 Å². The molecule has 2 aliphatic rings. The number of hydrogen-bond acceptors (Lipinski definition) is 11. The van der Waals surface area contributed by atoms with E-state index in [1.165, 1.54) is 23.8 Å². The number of aryl methyl sites for hydroxylation is 1. The number of aromatic nitrogens is 3. The van der Waals surface area contributed by atoms with Crippen LogP contribution in [0.2, 0.25) is 0 Å². The Morgan fingerprint density at radius 1 is 1.37 bits per heavy atom. The number of aliphatic carboxylic acids is 1. The predicted octanol–water partition coefficient (Wildman–Crippen LogP) is -1.03. The van der Waals surface area contributed by atoms with Gasteiger partial charge in [-0.05, 0) is 12.1 Å². The van der Waals surface area contributed by atoms with Crippen LogP contribution in [0.5, 0.6) is 5.75 Å². The molecule has 5 rings (SSSR count). The number of hydrogen-bond donors (Lipinski definition) is 2. The molecule has 198 valence electrons. The van der Waals surface area contributed by atoms with E-state index in [0.717, 1.165) is 22.2 Å². The van der Waals surface area contributed by atoms with Gasteiger partial charge in [0.05, 0.1) is 31.2 Å². The molecule has 2 aliphatic heterocycles. The highest BCUT2D eigenvalue weighted by atomic mass is 32.2. The van der Waals surface area contributed by atoms with Crippen LogP contribution in [0.1, 0.15) is 5.69 Å². The molecule has 3 aromatic rings. The molecule has 3 N–H and O–H groups in total. The Hall–Kier alpha value is -4.11. The second-order valence-electron chi connectivity index (χ2n) is 8.47. The highest BCUT2D eigenvalue weighted by Gasteiger charge is 2.53. The third-order valence-electron chi connectivity index (χ3n) is 6.30. The molecule has 0 spiro atoms. The van der Waals surface area contributed by atoms with E-state index in [-0.39, 0.29) is 28.8 Å². The number of anilines is 1. The number of carbonyl (C=O) groups is 3. The summed E-state index contributed by atoms with van der Waals surface area (Å²) < 4.78 is 9.05. The SMILES string of the molecule is CO/N=C(\C(=O)N[C@@H]1C(=O)N2C(C(=O)[O-])=C(C[n+]3cc4ccc(OC)cc4n3C)CS[C@H]12)c1csc(N)n1. The van der Waals surface area contributed by atoms with Crippen LogP contribution in [0.4, 0.5) is 5.13 Å². The zero-order chi connectivity index (χ0) is 27.1. The van der Waals surface area contributed by atoms with Crippen molar-refractivity contribution in [1.82, 2.24) is 19.9 Å². The fraction of sp³-hybridized carbons (Fsp3) is 0.304. The normalized spacial score (nSPS) is 19.3. The van der Waals surface area contributed by atoms with Crippen molar-refractivity contribution in [3.05, 3.63) is 46.7 Å². The molecule has 1 aromatic carbocycles. The van der Waals surface area contributed by atoms with Crippen molar-refractivity contribution >= 4 is 62.6 Å². The molecule has 13 nitrogen and oxygen atoms in total. The quantitative estimate of drug-likeness (QED) is 0.152. The molecule has 1 saturated heterocycles. The summed E-state index contributed by atoms with van der Waals surface area (Å²) in [6.45, 7) is 0.229. The van der Waals surface area contributed by atoms with Crippen molar-refractivity contribution in [2.75, 3.05) is 25.7 Å². The molecule has 0 radical (unpaired) electrons. The van der Waals surface area contributed by atoms with Gasteiger partial charge in [-0.25, -0.2) is 4.98 Å². The van der Waals surface area contributed by atoms with E-state index < -0.39 is 29.2 Å². The molecule has 0 aliphatic carbocycles. The van der Waals surface area contributed by atoms with Crippen LogP contribution in [0, 0.1) is 0 Å². The Balaban J connectivity index is 1.38. The van der Waals surface area contributed by atoms with Crippen molar-refractivity contribution < 1.29 is 33.7 Å². The molecular weight excluding hydrogens is 534 g/mol. The highest BCUT2D eigenvalue weighted by molar-refractivity contribution is 8.00. The molecular formula is C23H23N7O6S2. The first kappa shape index (κ1) is 25.5. The minimum Gasteiger partial charge on any atom is -0.543 e. The number of thioether (sulfide) groups is 1. The fourth-order valence-electron chi connectivity index (χ4n) is 4.47. The van der Waals surface area contributed by atoms with E-state index in [2.05, 4.69) is 15.5 Å². The lowest BCUT2D eigenvalue weighted by Gasteiger charge is -2.50. The lowest BCUT2D eigenvalue weighted by Crippen LogP contribution is -2.71. The number of carbonyl (C=O) groups excluding carboxylic acids is 3. The van der Waals surface area contributed by atoms with E-state index in [4.69, 9.17) is 15.3 Å². The number of nitrogens with two attached hydrogens (primary N) is 1. The minimum atomic E-state index is -1.45. The number of β-lactam (4-membered cyclic amide) rings is 1. The number of fused-ring (bicyclic) bond motifs is 2. The summed E-state index contributed by atoms with van der Waals surface area (Å²) in [5.74, 6) is -1.68. The molecule has 1 fully saturated rings. The first-order chi connectivity index (χ1) is 18.2. The number of benzene rings is 1. The zero-order valence-electron chi connectivity index (χ0n) is 20.5. The molecule has 2 aromatic heterocycles. The smallest absolute Gasteiger partial charge is 0.276 e. The Labute approximate surface area is 224 Å². The second-order valence-corrected chi connectivity index (χ2v) is 10.5. The summed E-state index contributed by atoms with van der Waals surface area (Å²) in [6.07, 6.45) is 1.90. The average molecular weight is 558 g/mol. The molecule has 4 heterocycles. The van der Waals surface area contributed by atoms with Crippen LogP contribution in [0.15, 0.2) is 46.2 Å². The Morgan fingerprint density at radius 2 is 2.16 bits per heavy atom. The van der Waals surface area contributed by atoms with Crippen molar-refractivity contribution in [1.29, 1.82) is 0 Å². The van der Waals surface area contributed by atoms with Crippen LogP contribution in [-0.4, -0.2) is 69.4 Å². The van der Waals surface area contributed by atoms with E-state index in [1.54, 1.807) is 12.5 Å². The predicted molar refractivity (Wildman–Crippen MR) is 137 cm³/mol. The lowest BCUT2D eigenvalue weighted by molar-refractivity contribution is -0.764. The summed E-state index contributed by atoms with van der Waals surface area (Å²) in [6, 6.07) is 4.69. The minimum absolute atomic E-state index is 0.146. The zero-order valence-corrected chi connectivity index (χ0v) is 22.2. The number of amides is 2. The summed E-state index contributed by atoms with van der Waals surface area (Å²) in [5, 5.41) is 20.7. The van der Waals surface area contributed by atoms with Gasteiger partial charge in [0.25, 0.3) is 11.8 Å². The third kappa shape index (κ3) is 4.32. The van der Waals surface area contributed by atoms with Gasteiger partial charge in [0.1, 0.15) is 35.5 Å². The standard InChI is InChI=1S/C23H23N7O6S2/c1-28-15-6-13(35-2)5-4-11(15)7-29(28)8-12-9-37-21-17(20(32)30(21)18(12)22(33)34)26-19(31)16(27-36-3)14-10-38-23(24)25-14/h4-7,10,17,21H,8-9H2,1-3H3,(H3-,24,25,26,31,33,34)/b27-16-/t17-,21-/m1/s1. The van der Waals surface area contributed by atoms with Gasteiger partial charge in [-0.2, -0.15) is 4.68 Å². The van der Waals surface area contributed by atoms with Crippen molar-refractivity contribution in [2.24, 2.45) is 12.2 Å². The van der Waals surface area contributed by atoms with Gasteiger partial charge in [-0.15, -0.1) is 27.8 Å². The van der Waals surface area contributed by atoms with Gasteiger partial charge < -0.3 is 30.5 Å². The van der Waals surface area contributed by atoms with E-state index >= 15 is 0 Å². The largest absolute Gasteiger partial charge is 0.543 e. The maximum Gasteiger partial charge on any atom is 0.276 e. The molecule has 38 heavy (non-hydrogen) atoms. The van der Waals surface area contributed by atoms with Crippen molar-refractivity contribution in [3.63, 3.8) is 0 Å². The number of carboxylic acid groups (broad SMARTS) is 1. The number of thiazole rings is 1. The monoisotopic (exact) mass is 557 g/mol. The number of carboxylic acids is 1. The molecule has 0 unspecified atom stereocenters. The lowest BCUT2D eigenvalue weighted by atomic mass is 10.0. The van der Waals surface area contributed by atoms with Crippen molar-refractivity contribution in [3.8, 4) is 5.75 Å². The molecule has 2 amide bonds. The summed E-state index contributed by atoms with van der Waals surface area (Å²) in [7, 11) is 4.72. The van der Waals surface area contributed by atoms with Gasteiger partial charge in [-0.3, -0.25) is 14.5 Å². The molecule has 0 bridgehead atoms. The van der Waals surface area contributed by atoms with E-state index in [0.29, 0.717) is 17.1 Å². The number of nitrogen functional groups attached to an aromatic ring is 1. The maximum absolute atomic E-state index is 13.1. The summed E-state index contributed by atoms with van der Waals surface area (Å²) in [4.78, 5) is 48.2. The molecule has 2 atom stereocenters. The first-order valence-electron chi connectivity index (χ1n) is 11.3. The Kier molecular flexibility index (Phi) is 6.71. The van der Waals surface area contributed by atoms with Gasteiger partial charge in [0.15, 0.2) is 17.4 Å². The number of oxime groups is 1. The molecule has 0 saturated carbocycles. The number of rotatable bonds is 8. The van der Waals surface area contributed by atoms with Gasteiger partial charge in [0.2, 0.25) is 6.20 Å². The topological polar surface area (TPSA) is 168 Å². The van der Waals surface area contributed by atoms with E-state index in [1.807, 2.05) is 40.8 Å².